The molecule has 0 bridgehead atoms. The molecule has 1 spiro atoms. The van der Waals surface area contributed by atoms with Crippen molar-refractivity contribution in [3.8, 4) is 23.0 Å². The molecule has 2 unspecified atom stereocenters. The first-order valence-corrected chi connectivity index (χ1v) is 12.8. The summed E-state index contributed by atoms with van der Waals surface area (Å²) >= 11 is 0. The van der Waals surface area contributed by atoms with E-state index in [0.717, 1.165) is 12.1 Å². The first kappa shape index (κ1) is 27.7. The van der Waals surface area contributed by atoms with E-state index < -0.39 is 35.3 Å². The van der Waals surface area contributed by atoms with E-state index in [9.17, 15) is 23.6 Å². The van der Waals surface area contributed by atoms with E-state index in [0.29, 0.717) is 22.8 Å². The number of imide groups is 1. The lowest BCUT2D eigenvalue weighted by atomic mass is 9.81. The lowest BCUT2D eigenvalue weighted by Gasteiger charge is -2.40. The van der Waals surface area contributed by atoms with Gasteiger partial charge < -0.3 is 34.1 Å². The number of halogens is 1. The van der Waals surface area contributed by atoms with E-state index in [2.05, 4.69) is 10.6 Å². The number of carbonyl (C=O) groups is 4. The van der Waals surface area contributed by atoms with Crippen molar-refractivity contribution in [2.75, 3.05) is 47.5 Å². The minimum atomic E-state index is -1.62. The molecule has 216 valence electrons. The number of fused-ring (bicyclic) bond motifs is 2. The molecule has 0 aromatic heterocycles. The van der Waals surface area contributed by atoms with Crippen LogP contribution >= 0.6 is 0 Å². The summed E-state index contributed by atoms with van der Waals surface area (Å²) in [6.07, 6.45) is 1.78. The molecule has 3 heterocycles. The average molecular weight is 569 g/mol. The van der Waals surface area contributed by atoms with Crippen LogP contribution in [-0.2, 0) is 19.9 Å². The molecular formula is C28H29FN4O8. The zero-order valence-electron chi connectivity index (χ0n) is 22.7. The Morgan fingerprint density at radius 2 is 1.66 bits per heavy atom. The monoisotopic (exact) mass is 568 g/mol. The number of benzene rings is 2. The number of urea groups is 1. The van der Waals surface area contributed by atoms with Gasteiger partial charge in [-0.05, 0) is 42.0 Å². The third-order valence-electron chi connectivity index (χ3n) is 7.39. The van der Waals surface area contributed by atoms with Gasteiger partial charge in [-0.2, -0.15) is 0 Å². The van der Waals surface area contributed by atoms with Crippen molar-refractivity contribution < 1.29 is 42.5 Å². The van der Waals surface area contributed by atoms with Crippen LogP contribution in [0.15, 0.2) is 36.4 Å². The van der Waals surface area contributed by atoms with Gasteiger partial charge in [-0.3, -0.25) is 19.7 Å². The minimum absolute atomic E-state index is 0.138. The molecule has 5 amide bonds. The van der Waals surface area contributed by atoms with Crippen molar-refractivity contribution in [1.29, 1.82) is 0 Å². The number of nitrogens with one attached hydrogen (secondary N) is 2. The molecule has 3 aliphatic rings. The van der Waals surface area contributed by atoms with Gasteiger partial charge in [0.25, 0.3) is 11.8 Å². The Labute approximate surface area is 235 Å². The Morgan fingerprint density at radius 1 is 1.00 bits per heavy atom. The lowest BCUT2D eigenvalue weighted by Crippen LogP contribution is -2.57. The van der Waals surface area contributed by atoms with Crippen molar-refractivity contribution in [3.63, 3.8) is 0 Å². The fraction of sp³-hybridized carbons (Fsp3) is 0.357. The lowest BCUT2D eigenvalue weighted by molar-refractivity contribution is -0.145. The molecule has 41 heavy (non-hydrogen) atoms. The number of nitrogens with zero attached hydrogens (tertiary/aromatic N) is 2. The van der Waals surface area contributed by atoms with Gasteiger partial charge in [0.1, 0.15) is 11.6 Å². The zero-order chi connectivity index (χ0) is 29.3. The molecule has 0 saturated carbocycles. The maximum Gasteiger partial charge on any atom is 0.322 e. The number of hydrogen-bond donors (Lipinski definition) is 2. The van der Waals surface area contributed by atoms with Crippen LogP contribution in [0.1, 0.15) is 17.5 Å². The second-order valence-corrected chi connectivity index (χ2v) is 9.71. The summed E-state index contributed by atoms with van der Waals surface area (Å²) in [4.78, 5) is 54.3. The molecule has 0 aliphatic carbocycles. The third-order valence-corrected chi connectivity index (χ3v) is 7.39. The number of amides is 5. The summed E-state index contributed by atoms with van der Waals surface area (Å²) in [6, 6.07) is 6.32. The molecule has 12 nitrogen and oxygen atoms in total. The maximum atomic E-state index is 14.0. The molecule has 0 radical (unpaired) electrons. The Morgan fingerprint density at radius 3 is 2.24 bits per heavy atom. The number of carbonyl (C=O) groups excluding carboxylic acids is 4. The van der Waals surface area contributed by atoms with Gasteiger partial charge in [-0.25, -0.2) is 9.18 Å². The van der Waals surface area contributed by atoms with Crippen molar-refractivity contribution in [1.82, 2.24) is 20.4 Å². The Bertz CT molecular complexity index is 1410. The smallest absolute Gasteiger partial charge is 0.322 e. The summed E-state index contributed by atoms with van der Waals surface area (Å²) in [5.41, 5.74) is -0.796. The fourth-order valence-electron chi connectivity index (χ4n) is 5.31. The van der Waals surface area contributed by atoms with Gasteiger partial charge >= 0.3 is 6.03 Å². The molecule has 2 fully saturated rings. The normalized spacial score (nSPS) is 21.7. The Balaban J connectivity index is 1.25. The van der Waals surface area contributed by atoms with Crippen molar-refractivity contribution >= 4 is 29.8 Å². The van der Waals surface area contributed by atoms with E-state index in [4.69, 9.17) is 18.9 Å². The Hall–Kier alpha value is -4.81. The predicted molar refractivity (Wildman–Crippen MR) is 142 cm³/mol. The van der Waals surface area contributed by atoms with Gasteiger partial charge in [0.15, 0.2) is 23.1 Å². The highest BCUT2D eigenvalue weighted by atomic mass is 19.1. The third kappa shape index (κ3) is 5.10. The standard InChI is InChI=1S/C28H29FN4O8/c1-38-20-12-16(13-21(39-2)24(20)40-3)4-7-23(34)32-8-10-33(11-9-32)25(35)22-15-28(26(36)30-27(37)31-28)18-14-17(29)5-6-19(18)41-22/h4-7,12-14,22H,8-11,15H2,1-3H3,(H2,30,31,36,37). The quantitative estimate of drug-likeness (QED) is 0.395. The molecule has 5 rings (SSSR count). The van der Waals surface area contributed by atoms with E-state index in [1.807, 2.05) is 0 Å². The SMILES string of the molecule is COc1cc(C=CC(=O)N2CCN(C(=O)C3CC4(NC(=O)NC4=O)c4cc(F)ccc4O3)CC2)cc(OC)c1OC. The highest BCUT2D eigenvalue weighted by molar-refractivity contribution is 6.08. The number of ether oxygens (including phenoxy) is 4. The largest absolute Gasteiger partial charge is 0.493 e. The number of methoxy groups -OCH3 is 3. The van der Waals surface area contributed by atoms with Crippen LogP contribution in [-0.4, -0.2) is 87.2 Å². The molecular weight excluding hydrogens is 539 g/mol. The first-order valence-electron chi connectivity index (χ1n) is 12.8. The van der Waals surface area contributed by atoms with E-state index >= 15 is 0 Å². The van der Waals surface area contributed by atoms with Crippen LogP contribution in [0.3, 0.4) is 0 Å². The molecule has 2 N–H and O–H groups in total. The van der Waals surface area contributed by atoms with Crippen LogP contribution in [0.5, 0.6) is 23.0 Å². The second-order valence-electron chi connectivity index (χ2n) is 9.71. The molecule has 2 saturated heterocycles. The Kier molecular flexibility index (Phi) is 7.43. The van der Waals surface area contributed by atoms with Gasteiger partial charge in [0.05, 0.1) is 21.3 Å². The van der Waals surface area contributed by atoms with Crippen LogP contribution in [0.25, 0.3) is 6.08 Å². The van der Waals surface area contributed by atoms with Gasteiger partial charge in [0, 0.05) is 44.2 Å². The van der Waals surface area contributed by atoms with E-state index in [1.165, 1.54) is 33.5 Å². The van der Waals surface area contributed by atoms with Crippen LogP contribution < -0.4 is 29.6 Å². The van der Waals surface area contributed by atoms with Crippen molar-refractivity contribution in [2.24, 2.45) is 0 Å². The molecule has 2 aromatic carbocycles. The van der Waals surface area contributed by atoms with Gasteiger partial charge in [-0.1, -0.05) is 0 Å². The summed E-state index contributed by atoms with van der Waals surface area (Å²) in [5.74, 6) is -0.415. The predicted octanol–water partition coefficient (Wildman–Crippen LogP) is 1.42. The first-order chi connectivity index (χ1) is 19.7. The van der Waals surface area contributed by atoms with E-state index in [-0.39, 0.29) is 49.8 Å². The van der Waals surface area contributed by atoms with Crippen molar-refractivity contribution in [2.45, 2.75) is 18.1 Å². The molecule has 3 aliphatic heterocycles. The van der Waals surface area contributed by atoms with Crippen LogP contribution in [0.4, 0.5) is 9.18 Å². The number of piperazine rings is 1. The molecule has 13 heteroatoms. The maximum absolute atomic E-state index is 14.0. The summed E-state index contributed by atoms with van der Waals surface area (Å²) in [7, 11) is 4.52. The number of rotatable bonds is 6. The van der Waals surface area contributed by atoms with Gasteiger partial charge in [0.2, 0.25) is 11.7 Å². The topological polar surface area (TPSA) is 136 Å². The zero-order valence-corrected chi connectivity index (χ0v) is 22.7. The van der Waals surface area contributed by atoms with Crippen LogP contribution in [0.2, 0.25) is 0 Å². The van der Waals surface area contributed by atoms with Crippen LogP contribution in [0, 0.1) is 5.82 Å². The van der Waals surface area contributed by atoms with E-state index in [1.54, 1.807) is 28.0 Å². The summed E-state index contributed by atoms with van der Waals surface area (Å²) < 4.78 is 35.9. The van der Waals surface area contributed by atoms with Gasteiger partial charge in [-0.15, -0.1) is 0 Å². The highest BCUT2D eigenvalue weighted by Gasteiger charge is 2.55. The highest BCUT2D eigenvalue weighted by Crippen LogP contribution is 2.42. The number of hydrogen-bond acceptors (Lipinski definition) is 8. The summed E-state index contributed by atoms with van der Waals surface area (Å²) in [5, 5.41) is 4.73. The molecule has 2 atom stereocenters. The van der Waals surface area contributed by atoms with Crippen molar-refractivity contribution in [3.05, 3.63) is 53.4 Å². The summed E-state index contributed by atoms with van der Waals surface area (Å²) in [6.45, 7) is 1.04. The second kappa shape index (κ2) is 11.0. The average Bonchev–Trinajstić information content (AvgIpc) is 3.27. The molecule has 2 aromatic rings. The minimum Gasteiger partial charge on any atom is -0.493 e. The fourth-order valence-corrected chi connectivity index (χ4v) is 5.31.